The first-order chi connectivity index (χ1) is 14.3. The molecular weight excluding hydrogens is 395 g/mol. The van der Waals surface area contributed by atoms with Crippen molar-refractivity contribution >= 4 is 5.52 Å². The summed E-state index contributed by atoms with van der Waals surface area (Å²) < 4.78 is 43.1. The van der Waals surface area contributed by atoms with Gasteiger partial charge in [0, 0.05) is 18.4 Å². The van der Waals surface area contributed by atoms with Crippen LogP contribution in [-0.4, -0.2) is 33.7 Å². The minimum absolute atomic E-state index is 0.0189. The van der Waals surface area contributed by atoms with Gasteiger partial charge in [0.2, 0.25) is 0 Å². The Hall–Kier alpha value is -1.84. The van der Waals surface area contributed by atoms with Crippen molar-refractivity contribution in [2.24, 2.45) is 17.8 Å². The number of halogens is 3. The molecule has 5 atom stereocenters. The van der Waals surface area contributed by atoms with E-state index in [1.165, 1.54) is 18.5 Å². The van der Waals surface area contributed by atoms with Gasteiger partial charge in [0.1, 0.15) is 0 Å². The molecule has 0 aromatic carbocycles. The van der Waals surface area contributed by atoms with Crippen LogP contribution in [0.15, 0.2) is 29.3 Å². The van der Waals surface area contributed by atoms with Gasteiger partial charge < -0.3 is 0 Å². The molecule has 2 aliphatic carbocycles. The Bertz CT molecular complexity index is 983. The van der Waals surface area contributed by atoms with Crippen LogP contribution in [0, 0.1) is 17.8 Å². The molecule has 1 aliphatic heterocycles. The van der Waals surface area contributed by atoms with E-state index >= 15 is 0 Å². The molecule has 2 aromatic rings. The number of pyridine rings is 1. The van der Waals surface area contributed by atoms with Crippen LogP contribution in [0.3, 0.4) is 0 Å². The molecule has 0 amide bonds. The quantitative estimate of drug-likeness (QED) is 0.796. The number of imidazole rings is 1. The van der Waals surface area contributed by atoms with E-state index in [4.69, 9.17) is 0 Å². The molecule has 6 nitrogen and oxygen atoms in total. The monoisotopic (exact) mass is 423 g/mol. The summed E-state index contributed by atoms with van der Waals surface area (Å²) in [5.41, 5.74) is 5.36. The third kappa shape index (κ3) is 3.27. The highest BCUT2D eigenvalue weighted by Gasteiger charge is 2.45. The third-order valence-corrected chi connectivity index (χ3v) is 7.60. The fraction of sp³-hybridized carbons (Fsp3) is 0.667. The number of nitrogens with one attached hydrogen (secondary N) is 2. The molecular formula is C21H28F3N5O. The summed E-state index contributed by atoms with van der Waals surface area (Å²) >= 11 is 0. The van der Waals surface area contributed by atoms with E-state index in [0.29, 0.717) is 23.9 Å². The van der Waals surface area contributed by atoms with Crippen LogP contribution in [0.25, 0.3) is 5.52 Å². The lowest BCUT2D eigenvalue weighted by Crippen LogP contribution is -2.39. The molecule has 1 saturated heterocycles. The van der Waals surface area contributed by atoms with E-state index in [0.717, 1.165) is 55.7 Å². The highest BCUT2D eigenvalue weighted by atomic mass is 19.4. The second-order valence-electron chi connectivity index (χ2n) is 9.14. The average molecular weight is 423 g/mol. The van der Waals surface area contributed by atoms with Crippen molar-refractivity contribution in [3.05, 3.63) is 40.6 Å². The number of alkyl halides is 3. The first-order valence-electron chi connectivity index (χ1n) is 10.8. The molecule has 2 N–H and O–H groups in total. The second kappa shape index (κ2) is 7.39. The van der Waals surface area contributed by atoms with E-state index in [1.54, 1.807) is 4.57 Å². The SMILES string of the molecule is CN1CNNC1C[C@@H]1CCC2C1CCCC2n1cc2c(C(F)(F)F)cccn2c1=O. The smallest absolute Gasteiger partial charge is 0.295 e. The maximum atomic E-state index is 13.5. The lowest BCUT2D eigenvalue weighted by Gasteiger charge is -2.37. The maximum Gasteiger partial charge on any atom is 0.418 e. The summed E-state index contributed by atoms with van der Waals surface area (Å²) in [7, 11) is 2.10. The van der Waals surface area contributed by atoms with Gasteiger partial charge in [-0.15, -0.1) is 0 Å². The van der Waals surface area contributed by atoms with Crippen LogP contribution in [0.2, 0.25) is 0 Å². The van der Waals surface area contributed by atoms with E-state index in [2.05, 4.69) is 22.8 Å². The van der Waals surface area contributed by atoms with Crippen molar-refractivity contribution in [2.45, 2.75) is 56.9 Å². The zero-order chi connectivity index (χ0) is 21.0. The fourth-order valence-corrected chi connectivity index (χ4v) is 6.17. The van der Waals surface area contributed by atoms with Crippen LogP contribution < -0.4 is 16.5 Å². The number of nitrogens with zero attached hydrogens (tertiary/aromatic N) is 3. The van der Waals surface area contributed by atoms with Gasteiger partial charge in [-0.2, -0.15) is 13.2 Å². The Morgan fingerprint density at radius 1 is 1.17 bits per heavy atom. The number of hydrazine groups is 1. The highest BCUT2D eigenvalue weighted by Crippen LogP contribution is 2.51. The highest BCUT2D eigenvalue weighted by molar-refractivity contribution is 5.55. The van der Waals surface area contributed by atoms with E-state index in [1.807, 2.05) is 0 Å². The predicted octanol–water partition coefficient (Wildman–Crippen LogP) is 3.20. The van der Waals surface area contributed by atoms with Crippen molar-refractivity contribution in [1.29, 1.82) is 0 Å². The molecule has 164 valence electrons. The summed E-state index contributed by atoms with van der Waals surface area (Å²) in [5.74, 6) is 1.46. The Balaban J connectivity index is 1.44. The lowest BCUT2D eigenvalue weighted by molar-refractivity contribution is -0.136. The molecule has 4 unspecified atom stereocenters. The summed E-state index contributed by atoms with van der Waals surface area (Å²) in [6.45, 7) is 0.822. The Morgan fingerprint density at radius 2 is 2.00 bits per heavy atom. The van der Waals surface area contributed by atoms with Gasteiger partial charge in [-0.25, -0.2) is 15.6 Å². The summed E-state index contributed by atoms with van der Waals surface area (Å²) in [6.07, 6.45) is 4.94. The van der Waals surface area contributed by atoms with E-state index in [9.17, 15) is 18.0 Å². The molecule has 3 fully saturated rings. The van der Waals surface area contributed by atoms with Crippen molar-refractivity contribution in [2.75, 3.05) is 13.7 Å². The maximum absolute atomic E-state index is 13.5. The topological polar surface area (TPSA) is 53.7 Å². The van der Waals surface area contributed by atoms with Gasteiger partial charge in [0.05, 0.1) is 23.9 Å². The molecule has 5 rings (SSSR count). The van der Waals surface area contributed by atoms with Gasteiger partial charge in [0.15, 0.2) is 0 Å². The van der Waals surface area contributed by atoms with Crippen molar-refractivity contribution in [3.8, 4) is 0 Å². The van der Waals surface area contributed by atoms with E-state index < -0.39 is 11.7 Å². The summed E-state index contributed by atoms with van der Waals surface area (Å²) in [6, 6.07) is 2.33. The second-order valence-corrected chi connectivity index (χ2v) is 9.14. The molecule has 30 heavy (non-hydrogen) atoms. The standard InChI is InChI=1S/C21H28F3N5O/c1-27-12-25-26-19(27)10-13-7-8-15-14(13)4-2-6-17(15)29-11-18-16(21(22,23)24)5-3-9-28(18)20(29)30/h3,5,9,11,13-15,17,19,25-26H,2,4,6-8,10,12H2,1H3/t13-,14?,15?,17?,19?/m0/s1. The molecule has 9 heteroatoms. The van der Waals surface area contributed by atoms with Crippen LogP contribution in [-0.2, 0) is 6.18 Å². The average Bonchev–Trinajstić information content (AvgIpc) is 3.40. The molecule has 2 aromatic heterocycles. The number of fused-ring (bicyclic) bond motifs is 2. The van der Waals surface area contributed by atoms with Crippen molar-refractivity contribution < 1.29 is 13.2 Å². The normalized spacial score (nSPS) is 32.7. The van der Waals surface area contributed by atoms with Gasteiger partial charge in [-0.1, -0.05) is 6.42 Å². The third-order valence-electron chi connectivity index (χ3n) is 7.60. The van der Waals surface area contributed by atoms with Crippen LogP contribution in [0.1, 0.15) is 50.1 Å². The van der Waals surface area contributed by atoms with Crippen molar-refractivity contribution in [3.63, 3.8) is 0 Å². The Labute approximate surface area is 173 Å². The Morgan fingerprint density at radius 3 is 2.73 bits per heavy atom. The van der Waals surface area contributed by atoms with Gasteiger partial charge in [-0.05, 0) is 69.0 Å². The lowest BCUT2D eigenvalue weighted by atomic mass is 9.74. The van der Waals surface area contributed by atoms with Crippen LogP contribution in [0.4, 0.5) is 13.2 Å². The molecule has 3 heterocycles. The number of aromatic nitrogens is 2. The summed E-state index contributed by atoms with van der Waals surface area (Å²) in [5, 5.41) is 0. The molecule has 3 aliphatic rings. The summed E-state index contributed by atoms with van der Waals surface area (Å²) in [4.78, 5) is 15.3. The minimum atomic E-state index is -4.48. The molecule has 0 radical (unpaired) electrons. The minimum Gasteiger partial charge on any atom is -0.295 e. The van der Waals surface area contributed by atoms with Gasteiger partial charge >= 0.3 is 11.9 Å². The largest absolute Gasteiger partial charge is 0.418 e. The molecule has 0 bridgehead atoms. The number of hydrogen-bond acceptors (Lipinski definition) is 4. The fourth-order valence-electron chi connectivity index (χ4n) is 6.17. The van der Waals surface area contributed by atoms with Crippen LogP contribution >= 0.6 is 0 Å². The Kier molecular flexibility index (Phi) is 4.95. The first-order valence-corrected chi connectivity index (χ1v) is 10.8. The van der Waals surface area contributed by atoms with E-state index in [-0.39, 0.29) is 17.2 Å². The number of hydrogen-bond donors (Lipinski definition) is 2. The van der Waals surface area contributed by atoms with Gasteiger partial charge in [0.25, 0.3) is 0 Å². The number of rotatable bonds is 3. The van der Waals surface area contributed by atoms with Gasteiger partial charge in [-0.3, -0.25) is 13.9 Å². The zero-order valence-corrected chi connectivity index (χ0v) is 17.0. The first kappa shape index (κ1) is 20.1. The zero-order valence-electron chi connectivity index (χ0n) is 17.0. The predicted molar refractivity (Wildman–Crippen MR) is 107 cm³/mol. The molecule has 0 spiro atoms. The molecule has 2 saturated carbocycles. The van der Waals surface area contributed by atoms with Crippen molar-refractivity contribution in [1.82, 2.24) is 24.7 Å². The van der Waals surface area contributed by atoms with Crippen LogP contribution in [0.5, 0.6) is 0 Å².